The van der Waals surface area contributed by atoms with Crippen LogP contribution in [-0.4, -0.2) is 11.9 Å². The van der Waals surface area contributed by atoms with Crippen LogP contribution in [0.5, 0.6) is 0 Å². The maximum atomic E-state index is 12.1. The molecule has 0 saturated heterocycles. The number of fused-ring (bicyclic) bond motifs is 1. The number of hydrogen-bond acceptors (Lipinski definition) is 5. The summed E-state index contributed by atoms with van der Waals surface area (Å²) in [6.45, 7) is 1.85. The molecule has 0 spiro atoms. The van der Waals surface area contributed by atoms with Crippen LogP contribution in [0.1, 0.15) is 32.0 Å². The Morgan fingerprint density at radius 3 is 2.48 bits per heavy atom. The van der Waals surface area contributed by atoms with Gasteiger partial charge in [0.15, 0.2) is 5.43 Å². The van der Waals surface area contributed by atoms with E-state index in [2.05, 4.69) is 0 Å². The zero-order chi connectivity index (χ0) is 18.0. The molecule has 1 amide bonds. The highest BCUT2D eigenvalue weighted by Crippen LogP contribution is 2.15. The second-order valence-corrected chi connectivity index (χ2v) is 5.61. The van der Waals surface area contributed by atoms with Crippen LogP contribution in [0.2, 0.25) is 0 Å². The van der Waals surface area contributed by atoms with E-state index in [-0.39, 0.29) is 17.8 Å². The molecule has 0 atom stereocenters. The van der Waals surface area contributed by atoms with Crippen LogP contribution in [-0.2, 0) is 11.3 Å². The molecule has 126 valence electrons. The van der Waals surface area contributed by atoms with Gasteiger partial charge >= 0.3 is 5.97 Å². The molecular formula is C19H15NO5. The predicted octanol–water partition coefficient (Wildman–Crippen LogP) is 2.56. The van der Waals surface area contributed by atoms with Gasteiger partial charge in [0.1, 0.15) is 12.2 Å². The first kappa shape index (κ1) is 16.4. The number of benzene rings is 2. The van der Waals surface area contributed by atoms with Gasteiger partial charge in [-0.05, 0) is 36.8 Å². The third-order valence-corrected chi connectivity index (χ3v) is 3.69. The highest BCUT2D eigenvalue weighted by atomic mass is 16.5. The molecule has 2 aromatic carbocycles. The molecule has 2 N–H and O–H groups in total. The lowest BCUT2D eigenvalue weighted by Gasteiger charge is -2.06. The number of carbonyl (C=O) groups excluding carboxylic acids is 2. The van der Waals surface area contributed by atoms with Gasteiger partial charge in [-0.15, -0.1) is 0 Å². The van der Waals surface area contributed by atoms with E-state index in [4.69, 9.17) is 14.9 Å². The maximum Gasteiger partial charge on any atom is 0.374 e. The van der Waals surface area contributed by atoms with E-state index < -0.39 is 11.9 Å². The van der Waals surface area contributed by atoms with Crippen molar-refractivity contribution in [2.75, 3.05) is 0 Å². The number of aryl methyl sites for hydroxylation is 1. The Morgan fingerprint density at radius 2 is 1.80 bits per heavy atom. The first-order valence-corrected chi connectivity index (χ1v) is 7.54. The quantitative estimate of drug-likeness (QED) is 0.738. The minimum absolute atomic E-state index is 0.0203. The largest absolute Gasteiger partial charge is 0.455 e. The van der Waals surface area contributed by atoms with Gasteiger partial charge in [0.2, 0.25) is 11.7 Å². The summed E-state index contributed by atoms with van der Waals surface area (Å²) in [7, 11) is 0. The second kappa shape index (κ2) is 6.60. The van der Waals surface area contributed by atoms with Gasteiger partial charge in [-0.2, -0.15) is 0 Å². The molecule has 0 bridgehead atoms. The van der Waals surface area contributed by atoms with Crippen molar-refractivity contribution >= 4 is 22.8 Å². The fourth-order valence-corrected chi connectivity index (χ4v) is 2.36. The van der Waals surface area contributed by atoms with Crippen molar-refractivity contribution in [2.45, 2.75) is 13.5 Å². The van der Waals surface area contributed by atoms with E-state index in [0.717, 1.165) is 11.6 Å². The first-order chi connectivity index (χ1) is 11.9. The van der Waals surface area contributed by atoms with Crippen molar-refractivity contribution in [3.8, 4) is 0 Å². The molecule has 0 unspecified atom stereocenters. The van der Waals surface area contributed by atoms with E-state index in [0.29, 0.717) is 22.1 Å². The van der Waals surface area contributed by atoms with Crippen LogP contribution in [0.4, 0.5) is 0 Å². The molecule has 1 heterocycles. The lowest BCUT2D eigenvalue weighted by atomic mass is 10.1. The number of primary amides is 1. The van der Waals surface area contributed by atoms with Gasteiger partial charge in [0.25, 0.3) is 0 Å². The third kappa shape index (κ3) is 3.58. The Hall–Kier alpha value is -3.41. The van der Waals surface area contributed by atoms with E-state index in [1.165, 1.54) is 0 Å². The van der Waals surface area contributed by atoms with Crippen molar-refractivity contribution in [2.24, 2.45) is 5.73 Å². The maximum absolute atomic E-state index is 12.1. The monoisotopic (exact) mass is 337 g/mol. The number of amides is 1. The molecule has 3 rings (SSSR count). The number of ether oxygens (including phenoxy) is 1. The molecular weight excluding hydrogens is 322 g/mol. The van der Waals surface area contributed by atoms with Crippen LogP contribution in [0.3, 0.4) is 0 Å². The molecule has 0 aliphatic rings. The summed E-state index contributed by atoms with van der Waals surface area (Å²) >= 11 is 0. The summed E-state index contributed by atoms with van der Waals surface area (Å²) < 4.78 is 10.6. The summed E-state index contributed by atoms with van der Waals surface area (Å²) in [4.78, 5) is 35.3. The molecule has 6 nitrogen and oxygen atoms in total. The van der Waals surface area contributed by atoms with Crippen molar-refractivity contribution in [1.82, 2.24) is 0 Å². The number of carbonyl (C=O) groups is 2. The van der Waals surface area contributed by atoms with E-state index >= 15 is 0 Å². The van der Waals surface area contributed by atoms with Crippen molar-refractivity contribution < 1.29 is 18.7 Å². The number of nitrogens with two attached hydrogens (primary N) is 1. The van der Waals surface area contributed by atoms with Crippen molar-refractivity contribution in [1.29, 1.82) is 0 Å². The number of rotatable bonds is 4. The zero-order valence-electron chi connectivity index (χ0n) is 13.4. The van der Waals surface area contributed by atoms with Crippen molar-refractivity contribution in [3.05, 3.63) is 81.2 Å². The Balaban J connectivity index is 1.77. The average molecular weight is 337 g/mol. The first-order valence-electron chi connectivity index (χ1n) is 7.54. The number of esters is 1. The summed E-state index contributed by atoms with van der Waals surface area (Å²) in [5.74, 6) is -1.43. The fraction of sp³-hybridized carbons (Fsp3) is 0.105. The smallest absolute Gasteiger partial charge is 0.374 e. The van der Waals surface area contributed by atoms with Crippen molar-refractivity contribution in [3.63, 3.8) is 0 Å². The predicted molar refractivity (Wildman–Crippen MR) is 91.3 cm³/mol. The van der Waals surface area contributed by atoms with E-state index in [1.807, 2.05) is 6.92 Å². The van der Waals surface area contributed by atoms with Crippen LogP contribution in [0.25, 0.3) is 11.0 Å². The van der Waals surface area contributed by atoms with E-state index in [9.17, 15) is 14.4 Å². The van der Waals surface area contributed by atoms with Crippen LogP contribution >= 0.6 is 0 Å². The van der Waals surface area contributed by atoms with E-state index in [1.54, 1.807) is 42.5 Å². The van der Waals surface area contributed by atoms with Gasteiger partial charge in [-0.25, -0.2) is 4.79 Å². The van der Waals surface area contributed by atoms with Gasteiger partial charge in [-0.3, -0.25) is 9.59 Å². The topological polar surface area (TPSA) is 99.6 Å². The SMILES string of the molecule is Cc1ccc2oc(C(=O)OCc3ccc(C(N)=O)cc3)cc(=O)c2c1. The zero-order valence-corrected chi connectivity index (χ0v) is 13.4. The van der Waals surface area contributed by atoms with Gasteiger partial charge in [0.05, 0.1) is 5.39 Å². The molecule has 0 fully saturated rings. The second-order valence-electron chi connectivity index (χ2n) is 5.61. The van der Waals surface area contributed by atoms with Crippen LogP contribution < -0.4 is 11.2 Å². The van der Waals surface area contributed by atoms with Crippen LogP contribution in [0, 0.1) is 6.92 Å². The molecule has 1 aromatic heterocycles. The highest BCUT2D eigenvalue weighted by Gasteiger charge is 2.14. The summed E-state index contributed by atoms with van der Waals surface area (Å²) in [6.07, 6.45) is 0. The minimum Gasteiger partial charge on any atom is -0.455 e. The molecule has 3 aromatic rings. The molecule has 6 heteroatoms. The Labute approximate surface area is 142 Å². The lowest BCUT2D eigenvalue weighted by Crippen LogP contribution is -2.11. The Bertz CT molecular complexity index is 1020. The molecule has 0 aliphatic heterocycles. The highest BCUT2D eigenvalue weighted by molar-refractivity contribution is 5.92. The normalized spacial score (nSPS) is 10.6. The fourth-order valence-electron chi connectivity index (χ4n) is 2.36. The molecule has 0 saturated carbocycles. The summed E-state index contributed by atoms with van der Waals surface area (Å²) in [5.41, 5.74) is 7.16. The van der Waals surface area contributed by atoms with Gasteiger partial charge in [0, 0.05) is 11.6 Å². The number of hydrogen-bond donors (Lipinski definition) is 1. The minimum atomic E-state index is -0.737. The van der Waals surface area contributed by atoms with Crippen LogP contribution in [0.15, 0.2) is 57.7 Å². The molecule has 0 aliphatic carbocycles. The third-order valence-electron chi connectivity index (χ3n) is 3.69. The van der Waals surface area contributed by atoms with Gasteiger partial charge < -0.3 is 14.9 Å². The average Bonchev–Trinajstić information content (AvgIpc) is 2.60. The Kier molecular flexibility index (Phi) is 4.35. The lowest BCUT2D eigenvalue weighted by molar-refractivity contribution is 0.0436. The van der Waals surface area contributed by atoms with Gasteiger partial charge in [-0.1, -0.05) is 23.8 Å². The Morgan fingerprint density at radius 1 is 1.08 bits per heavy atom. The molecule has 0 radical (unpaired) electrons. The standard InChI is InChI=1S/C19H15NO5/c1-11-2-7-16-14(8-11)15(21)9-17(25-16)19(23)24-10-12-3-5-13(6-4-12)18(20)22/h2-9H,10H2,1H3,(H2,20,22). The molecule has 25 heavy (non-hydrogen) atoms. The summed E-state index contributed by atoms with van der Waals surface area (Å²) in [5, 5.41) is 0.415. The summed E-state index contributed by atoms with van der Waals surface area (Å²) in [6, 6.07) is 12.6.